The van der Waals surface area contributed by atoms with Gasteiger partial charge in [-0.15, -0.1) is 0 Å². The fourth-order valence-corrected chi connectivity index (χ4v) is 2.58. The van der Waals surface area contributed by atoms with Crippen LogP contribution in [0.2, 0.25) is 10.0 Å². The third-order valence-electron chi connectivity index (χ3n) is 3.51. The molecule has 1 aromatic rings. The van der Waals surface area contributed by atoms with Crippen LogP contribution in [0.4, 0.5) is 0 Å². The molecule has 2 rings (SSSR count). The third-order valence-corrected chi connectivity index (χ3v) is 4.25. The van der Waals surface area contributed by atoms with Gasteiger partial charge in [-0.05, 0) is 24.6 Å². The van der Waals surface area contributed by atoms with Crippen LogP contribution in [0.1, 0.15) is 12.5 Å². The Morgan fingerprint density at radius 1 is 1.36 bits per heavy atom. The Bertz CT molecular complexity index is 658. The Labute approximate surface area is 138 Å². The van der Waals surface area contributed by atoms with E-state index in [0.717, 1.165) is 5.56 Å². The normalized spacial score (nSPS) is 14.7. The average Bonchev–Trinajstić information content (AvgIpc) is 2.78. The molecule has 1 aromatic carbocycles. The molecule has 0 bridgehead atoms. The van der Waals surface area contributed by atoms with E-state index in [1.165, 1.54) is 9.80 Å². The Morgan fingerprint density at radius 3 is 2.59 bits per heavy atom. The predicted molar refractivity (Wildman–Crippen MR) is 84.8 cm³/mol. The first-order valence-electron chi connectivity index (χ1n) is 6.76. The van der Waals surface area contributed by atoms with Crippen molar-refractivity contribution in [3.05, 3.63) is 45.1 Å². The summed E-state index contributed by atoms with van der Waals surface area (Å²) in [5, 5.41) is 10.7. The highest BCUT2D eigenvalue weighted by Gasteiger charge is 2.34. The van der Waals surface area contributed by atoms with Crippen molar-refractivity contribution in [1.29, 1.82) is 0 Å². The molecule has 0 saturated heterocycles. The molecule has 118 valence electrons. The van der Waals surface area contributed by atoms with Crippen LogP contribution in [-0.2, 0) is 16.1 Å². The van der Waals surface area contributed by atoms with Gasteiger partial charge >= 0.3 is 0 Å². The minimum absolute atomic E-state index is 0.120. The van der Waals surface area contributed by atoms with Crippen LogP contribution < -0.4 is 0 Å². The first-order chi connectivity index (χ1) is 10.3. The first kappa shape index (κ1) is 16.6. The molecule has 0 atom stereocenters. The van der Waals surface area contributed by atoms with E-state index in [2.05, 4.69) is 0 Å². The monoisotopic (exact) mass is 342 g/mol. The van der Waals surface area contributed by atoms with Gasteiger partial charge < -0.3 is 14.9 Å². The van der Waals surface area contributed by atoms with Crippen molar-refractivity contribution >= 4 is 35.0 Å². The van der Waals surface area contributed by atoms with Crippen LogP contribution in [0.3, 0.4) is 0 Å². The number of aliphatic hydroxyl groups is 1. The number of likely N-dealkylation sites (N-methyl/N-ethyl adjacent to an activating group) is 2. The van der Waals surface area contributed by atoms with Crippen LogP contribution in [0, 0.1) is 0 Å². The van der Waals surface area contributed by atoms with E-state index >= 15 is 0 Å². The molecule has 0 spiro atoms. The second kappa shape index (κ2) is 6.58. The summed E-state index contributed by atoms with van der Waals surface area (Å²) >= 11 is 11.8. The topological polar surface area (TPSA) is 60.9 Å². The molecule has 5 nitrogen and oxygen atoms in total. The van der Waals surface area contributed by atoms with E-state index < -0.39 is 11.7 Å². The van der Waals surface area contributed by atoms with E-state index in [4.69, 9.17) is 23.2 Å². The molecular formula is C15H16Cl2N2O3. The summed E-state index contributed by atoms with van der Waals surface area (Å²) in [6, 6.07) is 5.11. The predicted octanol–water partition coefficient (Wildman–Crippen LogP) is 2.63. The molecule has 0 fully saturated rings. The average molecular weight is 343 g/mol. The Kier molecular flexibility index (Phi) is 4.98. The van der Waals surface area contributed by atoms with Gasteiger partial charge in [0, 0.05) is 20.1 Å². The van der Waals surface area contributed by atoms with Crippen LogP contribution in [-0.4, -0.2) is 46.9 Å². The lowest BCUT2D eigenvalue weighted by Gasteiger charge is -2.19. The van der Waals surface area contributed by atoms with Crippen LogP contribution in [0.5, 0.6) is 0 Å². The highest BCUT2D eigenvalue weighted by atomic mass is 35.5. The molecule has 0 aliphatic carbocycles. The standard InChI is InChI=1S/C15H16Cl2N2O3/c1-3-19-8-10(13(20)15(19)22)14(21)18(2)7-9-4-5-11(16)12(17)6-9/h4-6,20H,3,7-8H2,1-2H3. The molecule has 1 N–H and O–H groups in total. The van der Waals surface area contributed by atoms with E-state index in [1.54, 1.807) is 32.2 Å². The Hall–Kier alpha value is -1.72. The van der Waals surface area contributed by atoms with Crippen LogP contribution >= 0.6 is 23.2 Å². The number of aliphatic hydroxyl groups excluding tert-OH is 1. The van der Waals surface area contributed by atoms with Gasteiger partial charge in [-0.25, -0.2) is 0 Å². The smallest absolute Gasteiger partial charge is 0.289 e. The Balaban J connectivity index is 2.13. The third kappa shape index (κ3) is 3.20. The maximum absolute atomic E-state index is 12.4. The summed E-state index contributed by atoms with van der Waals surface area (Å²) in [7, 11) is 1.60. The van der Waals surface area contributed by atoms with E-state index in [-0.39, 0.29) is 18.0 Å². The van der Waals surface area contributed by atoms with Crippen molar-refractivity contribution in [3.8, 4) is 0 Å². The number of hydrogen-bond acceptors (Lipinski definition) is 3. The second-order valence-electron chi connectivity index (χ2n) is 5.06. The number of hydrogen-bond donors (Lipinski definition) is 1. The summed E-state index contributed by atoms with van der Waals surface area (Å²) in [6.45, 7) is 2.66. The van der Waals surface area contributed by atoms with Crippen molar-refractivity contribution in [2.45, 2.75) is 13.5 Å². The number of halogens is 2. The Morgan fingerprint density at radius 2 is 2.05 bits per heavy atom. The number of nitrogens with zero attached hydrogens (tertiary/aromatic N) is 2. The summed E-state index contributed by atoms with van der Waals surface area (Å²) in [5.74, 6) is -1.35. The second-order valence-corrected chi connectivity index (χ2v) is 5.87. The first-order valence-corrected chi connectivity index (χ1v) is 7.51. The summed E-state index contributed by atoms with van der Waals surface area (Å²) in [6.07, 6.45) is 0. The number of carbonyl (C=O) groups is 2. The zero-order chi connectivity index (χ0) is 16.4. The van der Waals surface area contributed by atoms with Gasteiger partial charge in [0.2, 0.25) is 0 Å². The lowest BCUT2D eigenvalue weighted by atomic mass is 10.2. The molecule has 1 heterocycles. The number of benzene rings is 1. The highest BCUT2D eigenvalue weighted by Crippen LogP contribution is 2.24. The minimum Gasteiger partial charge on any atom is -0.503 e. The molecule has 7 heteroatoms. The van der Waals surface area contributed by atoms with Gasteiger partial charge in [-0.2, -0.15) is 0 Å². The minimum atomic E-state index is -0.506. The number of amides is 2. The maximum atomic E-state index is 12.4. The molecule has 0 aromatic heterocycles. The fourth-order valence-electron chi connectivity index (χ4n) is 2.25. The van der Waals surface area contributed by atoms with E-state index in [1.807, 2.05) is 0 Å². The largest absolute Gasteiger partial charge is 0.503 e. The SMILES string of the molecule is CCN1CC(C(=O)N(C)Cc2ccc(Cl)c(Cl)c2)=C(O)C1=O. The lowest BCUT2D eigenvalue weighted by Crippen LogP contribution is -2.31. The van der Waals surface area contributed by atoms with Crippen molar-refractivity contribution < 1.29 is 14.7 Å². The quantitative estimate of drug-likeness (QED) is 0.914. The molecule has 0 radical (unpaired) electrons. The lowest BCUT2D eigenvalue weighted by molar-refractivity contribution is -0.127. The van der Waals surface area contributed by atoms with E-state index in [9.17, 15) is 14.7 Å². The molecular weight excluding hydrogens is 327 g/mol. The highest BCUT2D eigenvalue weighted by molar-refractivity contribution is 6.42. The zero-order valence-corrected chi connectivity index (χ0v) is 13.8. The molecule has 1 aliphatic heterocycles. The summed E-state index contributed by atoms with van der Waals surface area (Å²) < 4.78 is 0. The molecule has 0 unspecified atom stereocenters. The van der Waals surface area contributed by atoms with Gasteiger partial charge in [-0.3, -0.25) is 9.59 Å². The van der Waals surface area contributed by atoms with Gasteiger partial charge in [0.15, 0.2) is 5.76 Å². The number of carbonyl (C=O) groups excluding carboxylic acids is 2. The van der Waals surface area contributed by atoms with Gasteiger partial charge in [0.05, 0.1) is 22.2 Å². The molecule has 1 aliphatic rings. The van der Waals surface area contributed by atoms with Crippen molar-refractivity contribution in [2.75, 3.05) is 20.1 Å². The van der Waals surface area contributed by atoms with Gasteiger partial charge in [0.1, 0.15) is 0 Å². The molecule has 0 saturated carbocycles. The summed E-state index contributed by atoms with van der Waals surface area (Å²) in [4.78, 5) is 27.0. The fraction of sp³-hybridized carbons (Fsp3) is 0.333. The van der Waals surface area contributed by atoms with Crippen molar-refractivity contribution in [3.63, 3.8) is 0 Å². The molecule has 2 amide bonds. The van der Waals surface area contributed by atoms with Crippen LogP contribution in [0.25, 0.3) is 0 Å². The summed E-state index contributed by atoms with van der Waals surface area (Å²) in [5.41, 5.74) is 0.927. The molecule has 22 heavy (non-hydrogen) atoms. The van der Waals surface area contributed by atoms with E-state index in [0.29, 0.717) is 23.1 Å². The van der Waals surface area contributed by atoms with Gasteiger partial charge in [-0.1, -0.05) is 29.3 Å². The van der Waals surface area contributed by atoms with Crippen molar-refractivity contribution in [1.82, 2.24) is 9.80 Å². The maximum Gasteiger partial charge on any atom is 0.289 e. The number of rotatable bonds is 4. The van der Waals surface area contributed by atoms with Crippen LogP contribution in [0.15, 0.2) is 29.5 Å². The van der Waals surface area contributed by atoms with Crippen molar-refractivity contribution in [2.24, 2.45) is 0 Å². The zero-order valence-electron chi connectivity index (χ0n) is 12.3. The van der Waals surface area contributed by atoms with Gasteiger partial charge in [0.25, 0.3) is 11.8 Å².